The highest BCUT2D eigenvalue weighted by Crippen LogP contribution is 2.60. The molecule has 0 saturated heterocycles. The number of carbonyl (C=O) groups is 1. The molecule has 2 aliphatic carbocycles. The maximum Gasteiger partial charge on any atom is 0.309 e. The SMILES string of the molecule is CC1(Br)CC2CC(C)(C(=O)O)CC(c3ccccc3)(C2)C1. The molecule has 0 spiro atoms. The van der Waals surface area contributed by atoms with E-state index in [9.17, 15) is 9.90 Å². The summed E-state index contributed by atoms with van der Waals surface area (Å²) >= 11 is 3.91. The molecule has 3 heteroatoms. The topological polar surface area (TPSA) is 37.3 Å². The molecule has 21 heavy (non-hydrogen) atoms. The van der Waals surface area contributed by atoms with E-state index >= 15 is 0 Å². The Kier molecular flexibility index (Phi) is 3.47. The van der Waals surface area contributed by atoms with Crippen molar-refractivity contribution < 1.29 is 9.90 Å². The fraction of sp³-hybridized carbons (Fsp3) is 0.611. The predicted molar refractivity (Wildman–Crippen MR) is 87.8 cm³/mol. The summed E-state index contributed by atoms with van der Waals surface area (Å²) in [6.45, 7) is 4.20. The van der Waals surface area contributed by atoms with Crippen LogP contribution >= 0.6 is 15.9 Å². The van der Waals surface area contributed by atoms with Crippen molar-refractivity contribution in [1.29, 1.82) is 0 Å². The number of benzene rings is 1. The molecule has 0 heterocycles. The number of rotatable bonds is 2. The summed E-state index contributed by atoms with van der Waals surface area (Å²) in [6.07, 6.45) is 4.77. The number of halogens is 1. The molecule has 0 radical (unpaired) electrons. The van der Waals surface area contributed by atoms with E-state index in [0.29, 0.717) is 5.92 Å². The minimum Gasteiger partial charge on any atom is -0.481 e. The zero-order chi connectivity index (χ0) is 15.3. The minimum absolute atomic E-state index is 0.00613. The zero-order valence-electron chi connectivity index (χ0n) is 12.7. The van der Waals surface area contributed by atoms with Crippen LogP contribution in [-0.2, 0) is 10.2 Å². The smallest absolute Gasteiger partial charge is 0.309 e. The Morgan fingerprint density at radius 2 is 1.81 bits per heavy atom. The molecule has 1 aromatic carbocycles. The summed E-state index contributed by atoms with van der Waals surface area (Å²) in [4.78, 5) is 11.8. The van der Waals surface area contributed by atoms with Crippen LogP contribution in [0.4, 0.5) is 0 Å². The Balaban J connectivity index is 2.07. The van der Waals surface area contributed by atoms with Gasteiger partial charge in [0.25, 0.3) is 0 Å². The Bertz CT molecular complexity index is 554. The van der Waals surface area contributed by atoms with Crippen molar-refractivity contribution in [3.8, 4) is 0 Å². The quantitative estimate of drug-likeness (QED) is 0.780. The predicted octanol–water partition coefficient (Wildman–Crippen LogP) is 4.76. The number of hydrogen-bond acceptors (Lipinski definition) is 1. The van der Waals surface area contributed by atoms with Gasteiger partial charge in [0.15, 0.2) is 0 Å². The second kappa shape index (κ2) is 4.84. The van der Waals surface area contributed by atoms with Crippen molar-refractivity contribution in [3.05, 3.63) is 35.9 Å². The maximum atomic E-state index is 11.8. The van der Waals surface area contributed by atoms with Gasteiger partial charge in [-0.15, -0.1) is 0 Å². The first-order valence-electron chi connectivity index (χ1n) is 7.73. The largest absolute Gasteiger partial charge is 0.481 e. The lowest BCUT2D eigenvalue weighted by Gasteiger charge is -2.55. The fourth-order valence-electron chi connectivity index (χ4n) is 5.09. The van der Waals surface area contributed by atoms with Crippen LogP contribution in [0.15, 0.2) is 30.3 Å². The lowest BCUT2D eigenvalue weighted by Crippen LogP contribution is -2.52. The average Bonchev–Trinajstić information content (AvgIpc) is 2.36. The van der Waals surface area contributed by atoms with Crippen LogP contribution in [0.1, 0.15) is 51.5 Å². The first-order valence-corrected chi connectivity index (χ1v) is 8.52. The molecule has 0 amide bonds. The lowest BCUT2D eigenvalue weighted by atomic mass is 9.50. The molecule has 1 N–H and O–H groups in total. The molecule has 2 nitrogen and oxygen atoms in total. The maximum absolute atomic E-state index is 11.8. The third-order valence-electron chi connectivity index (χ3n) is 5.47. The molecule has 0 aliphatic heterocycles. The summed E-state index contributed by atoms with van der Waals surface area (Å²) < 4.78 is 0.117. The van der Waals surface area contributed by atoms with Gasteiger partial charge >= 0.3 is 5.97 Å². The van der Waals surface area contributed by atoms with E-state index in [0.717, 1.165) is 32.1 Å². The van der Waals surface area contributed by atoms with E-state index in [2.05, 4.69) is 47.1 Å². The van der Waals surface area contributed by atoms with E-state index in [1.165, 1.54) is 5.56 Å². The first kappa shape index (κ1) is 15.1. The van der Waals surface area contributed by atoms with Gasteiger partial charge in [-0.25, -0.2) is 0 Å². The monoisotopic (exact) mass is 350 g/mol. The molecule has 2 aliphatic rings. The van der Waals surface area contributed by atoms with Crippen molar-refractivity contribution in [3.63, 3.8) is 0 Å². The van der Waals surface area contributed by atoms with Gasteiger partial charge in [0.2, 0.25) is 0 Å². The Labute approximate surface area is 135 Å². The Hall–Kier alpha value is -0.830. The van der Waals surface area contributed by atoms with Gasteiger partial charge in [-0.2, -0.15) is 0 Å². The number of hydrogen-bond donors (Lipinski definition) is 1. The van der Waals surface area contributed by atoms with Crippen LogP contribution in [0.2, 0.25) is 0 Å². The van der Waals surface area contributed by atoms with Crippen molar-refractivity contribution in [2.45, 2.75) is 55.7 Å². The number of carboxylic acids is 1. The van der Waals surface area contributed by atoms with Crippen molar-refractivity contribution in [1.82, 2.24) is 0 Å². The molecule has 1 aromatic rings. The molecule has 0 aromatic heterocycles. The molecule has 4 atom stereocenters. The van der Waals surface area contributed by atoms with E-state index < -0.39 is 11.4 Å². The summed E-state index contributed by atoms with van der Waals surface area (Å²) in [5, 5.41) is 9.73. The van der Waals surface area contributed by atoms with Crippen LogP contribution in [0.3, 0.4) is 0 Å². The molecule has 2 fully saturated rings. The second-order valence-electron chi connectivity index (χ2n) is 7.76. The van der Waals surface area contributed by atoms with Crippen LogP contribution in [0.25, 0.3) is 0 Å². The average molecular weight is 351 g/mol. The minimum atomic E-state index is -0.634. The van der Waals surface area contributed by atoms with Gasteiger partial charge in [-0.05, 0) is 62.8 Å². The number of fused-ring (bicyclic) bond motifs is 2. The molecule has 2 saturated carbocycles. The van der Waals surface area contributed by atoms with Crippen LogP contribution < -0.4 is 0 Å². The third kappa shape index (κ3) is 2.65. The zero-order valence-corrected chi connectivity index (χ0v) is 14.3. The molecule has 2 bridgehead atoms. The summed E-state index contributed by atoms with van der Waals surface area (Å²) in [6, 6.07) is 10.5. The first-order chi connectivity index (χ1) is 9.75. The van der Waals surface area contributed by atoms with Crippen LogP contribution in [-0.4, -0.2) is 15.4 Å². The number of aliphatic carboxylic acids is 1. The molecule has 3 rings (SSSR count). The van der Waals surface area contributed by atoms with Gasteiger partial charge in [0, 0.05) is 4.32 Å². The summed E-state index contributed by atoms with van der Waals surface area (Å²) in [5.74, 6) is -0.149. The molecule has 4 unspecified atom stereocenters. The normalized spacial score (nSPS) is 42.5. The number of alkyl halides is 1. The van der Waals surface area contributed by atoms with E-state index in [-0.39, 0.29) is 9.74 Å². The van der Waals surface area contributed by atoms with Gasteiger partial charge in [0.05, 0.1) is 5.41 Å². The Morgan fingerprint density at radius 1 is 1.14 bits per heavy atom. The highest BCUT2D eigenvalue weighted by Gasteiger charge is 2.56. The molecular weight excluding hydrogens is 328 g/mol. The number of carboxylic acid groups (broad SMARTS) is 1. The van der Waals surface area contributed by atoms with E-state index in [4.69, 9.17) is 0 Å². The molecule has 114 valence electrons. The third-order valence-corrected chi connectivity index (χ3v) is 6.08. The van der Waals surface area contributed by atoms with E-state index in [1.54, 1.807) is 0 Å². The standard InChI is InChI=1S/C18H23BrO2/c1-16(15(20)21)8-13-9-17(2,19)12-18(10-13,11-16)14-6-4-3-5-7-14/h3-7,13H,8-12H2,1-2H3,(H,20,21). The Morgan fingerprint density at radius 3 is 2.43 bits per heavy atom. The van der Waals surface area contributed by atoms with Crippen LogP contribution in [0, 0.1) is 11.3 Å². The van der Waals surface area contributed by atoms with Crippen molar-refractivity contribution in [2.75, 3.05) is 0 Å². The highest BCUT2D eigenvalue weighted by atomic mass is 79.9. The highest BCUT2D eigenvalue weighted by molar-refractivity contribution is 9.10. The summed E-state index contributed by atoms with van der Waals surface area (Å²) in [5.41, 5.74) is 0.711. The lowest BCUT2D eigenvalue weighted by molar-refractivity contribution is -0.154. The van der Waals surface area contributed by atoms with Gasteiger partial charge in [-0.1, -0.05) is 46.3 Å². The van der Waals surface area contributed by atoms with Crippen molar-refractivity contribution in [2.24, 2.45) is 11.3 Å². The van der Waals surface area contributed by atoms with Gasteiger partial charge < -0.3 is 5.11 Å². The van der Waals surface area contributed by atoms with Crippen molar-refractivity contribution >= 4 is 21.9 Å². The van der Waals surface area contributed by atoms with E-state index in [1.807, 2.05) is 13.0 Å². The molecular formula is C18H23BrO2. The second-order valence-corrected chi connectivity index (χ2v) is 9.67. The fourth-order valence-corrected chi connectivity index (χ4v) is 6.08. The van der Waals surface area contributed by atoms with Crippen LogP contribution in [0.5, 0.6) is 0 Å². The van der Waals surface area contributed by atoms with Gasteiger partial charge in [0.1, 0.15) is 0 Å². The van der Waals surface area contributed by atoms with Gasteiger partial charge in [-0.3, -0.25) is 4.79 Å². The summed E-state index contributed by atoms with van der Waals surface area (Å²) in [7, 11) is 0.